The van der Waals surface area contributed by atoms with Gasteiger partial charge in [0.1, 0.15) is 0 Å². The van der Waals surface area contributed by atoms with Crippen molar-refractivity contribution in [3.8, 4) is 0 Å². The summed E-state index contributed by atoms with van der Waals surface area (Å²) in [6, 6.07) is 11.4. The van der Waals surface area contributed by atoms with Crippen LogP contribution in [0.15, 0.2) is 48.8 Å². The van der Waals surface area contributed by atoms with Crippen LogP contribution in [0.3, 0.4) is 0 Å². The zero-order chi connectivity index (χ0) is 19.2. The van der Waals surface area contributed by atoms with Gasteiger partial charge in [-0.2, -0.15) is 0 Å². The van der Waals surface area contributed by atoms with Crippen molar-refractivity contribution in [3.05, 3.63) is 65.5 Å². The van der Waals surface area contributed by atoms with E-state index in [2.05, 4.69) is 10.3 Å². The first-order valence-corrected chi connectivity index (χ1v) is 9.12. The van der Waals surface area contributed by atoms with Gasteiger partial charge in [-0.15, -0.1) is 0 Å². The lowest BCUT2D eigenvalue weighted by atomic mass is 9.90. The number of hydrogen-bond acceptors (Lipinski definition) is 4. The highest BCUT2D eigenvalue weighted by molar-refractivity contribution is 5.90. The molecular weight excluding hydrogens is 342 g/mol. The highest BCUT2D eigenvalue weighted by Crippen LogP contribution is 2.39. The van der Waals surface area contributed by atoms with E-state index in [4.69, 9.17) is 4.74 Å². The molecule has 1 N–H and O–H groups in total. The number of carbonyl (C=O) groups excluding carboxylic acids is 2. The van der Waals surface area contributed by atoms with Crippen LogP contribution in [-0.4, -0.2) is 42.0 Å². The van der Waals surface area contributed by atoms with E-state index in [9.17, 15) is 9.59 Å². The molecule has 1 fully saturated rings. The van der Waals surface area contributed by atoms with E-state index in [0.29, 0.717) is 19.7 Å². The van der Waals surface area contributed by atoms with Crippen LogP contribution in [0.2, 0.25) is 0 Å². The molecule has 0 spiro atoms. The molecule has 1 aromatic heterocycles. The van der Waals surface area contributed by atoms with Crippen LogP contribution in [-0.2, 0) is 20.9 Å². The SMILES string of the molecule is COCCN1C(=O)C[C@@H](C(=O)NCc2cccnc2)[C@@H]1c1ccccc1C. The highest BCUT2D eigenvalue weighted by atomic mass is 16.5. The van der Waals surface area contributed by atoms with Gasteiger partial charge in [0.15, 0.2) is 0 Å². The summed E-state index contributed by atoms with van der Waals surface area (Å²) in [5.74, 6) is -0.547. The van der Waals surface area contributed by atoms with Crippen molar-refractivity contribution in [2.45, 2.75) is 25.9 Å². The molecule has 2 atom stereocenters. The second-order valence-corrected chi connectivity index (χ2v) is 6.77. The number of nitrogens with one attached hydrogen (secondary N) is 1. The molecule has 6 heteroatoms. The molecule has 1 aliphatic heterocycles. The predicted molar refractivity (Wildman–Crippen MR) is 102 cm³/mol. The maximum absolute atomic E-state index is 12.9. The molecule has 6 nitrogen and oxygen atoms in total. The zero-order valence-electron chi connectivity index (χ0n) is 15.7. The molecule has 0 saturated carbocycles. The first kappa shape index (κ1) is 19.0. The maximum Gasteiger partial charge on any atom is 0.226 e. The van der Waals surface area contributed by atoms with E-state index in [1.54, 1.807) is 24.4 Å². The van der Waals surface area contributed by atoms with Gasteiger partial charge in [-0.3, -0.25) is 14.6 Å². The van der Waals surface area contributed by atoms with Crippen LogP contribution < -0.4 is 5.32 Å². The minimum Gasteiger partial charge on any atom is -0.383 e. The summed E-state index contributed by atoms with van der Waals surface area (Å²) >= 11 is 0. The Balaban J connectivity index is 1.82. The van der Waals surface area contributed by atoms with Crippen molar-refractivity contribution in [1.82, 2.24) is 15.2 Å². The van der Waals surface area contributed by atoms with Crippen molar-refractivity contribution in [3.63, 3.8) is 0 Å². The van der Waals surface area contributed by atoms with E-state index < -0.39 is 5.92 Å². The Labute approximate surface area is 159 Å². The van der Waals surface area contributed by atoms with Gasteiger partial charge in [0.25, 0.3) is 0 Å². The topological polar surface area (TPSA) is 71.5 Å². The van der Waals surface area contributed by atoms with Crippen LogP contribution in [0.1, 0.15) is 29.2 Å². The molecule has 3 rings (SSSR count). The Morgan fingerprint density at radius 2 is 2.11 bits per heavy atom. The Morgan fingerprint density at radius 1 is 1.30 bits per heavy atom. The van der Waals surface area contributed by atoms with E-state index in [1.807, 2.05) is 43.3 Å². The number of nitrogens with zero attached hydrogens (tertiary/aromatic N) is 2. The summed E-state index contributed by atoms with van der Waals surface area (Å²) in [5, 5.41) is 2.97. The number of methoxy groups -OCH3 is 1. The molecule has 0 bridgehead atoms. The summed E-state index contributed by atoms with van der Waals surface area (Å²) in [4.78, 5) is 31.4. The second kappa shape index (κ2) is 8.77. The lowest BCUT2D eigenvalue weighted by Gasteiger charge is -2.29. The van der Waals surface area contributed by atoms with Gasteiger partial charge in [-0.25, -0.2) is 0 Å². The van der Waals surface area contributed by atoms with E-state index in [0.717, 1.165) is 16.7 Å². The fourth-order valence-electron chi connectivity index (χ4n) is 3.61. The molecular formula is C21H25N3O3. The number of rotatable bonds is 7. The van der Waals surface area contributed by atoms with Crippen LogP contribution in [0.5, 0.6) is 0 Å². The number of amides is 2. The molecule has 0 unspecified atom stereocenters. The van der Waals surface area contributed by atoms with Gasteiger partial charge in [-0.05, 0) is 29.7 Å². The average molecular weight is 367 g/mol. The number of ether oxygens (including phenoxy) is 1. The van der Waals surface area contributed by atoms with Crippen LogP contribution in [0, 0.1) is 12.8 Å². The third-order valence-electron chi connectivity index (χ3n) is 5.00. The largest absolute Gasteiger partial charge is 0.383 e. The van der Waals surface area contributed by atoms with E-state index >= 15 is 0 Å². The number of pyridine rings is 1. The molecule has 2 aromatic rings. The van der Waals surface area contributed by atoms with E-state index in [1.165, 1.54) is 0 Å². The monoisotopic (exact) mass is 367 g/mol. The van der Waals surface area contributed by atoms with Gasteiger partial charge in [0.2, 0.25) is 11.8 Å². The molecule has 0 radical (unpaired) electrons. The Morgan fingerprint density at radius 3 is 2.81 bits per heavy atom. The first-order valence-electron chi connectivity index (χ1n) is 9.12. The normalized spacial score (nSPS) is 19.3. The fourth-order valence-corrected chi connectivity index (χ4v) is 3.61. The Kier molecular flexibility index (Phi) is 6.19. The molecule has 1 aliphatic rings. The van der Waals surface area contributed by atoms with Crippen LogP contribution in [0.25, 0.3) is 0 Å². The lowest BCUT2D eigenvalue weighted by molar-refractivity contribution is -0.129. The first-order chi connectivity index (χ1) is 13.1. The number of carbonyl (C=O) groups is 2. The molecule has 0 aliphatic carbocycles. The molecule has 142 valence electrons. The third kappa shape index (κ3) is 4.34. The quantitative estimate of drug-likeness (QED) is 0.815. The smallest absolute Gasteiger partial charge is 0.226 e. The van der Waals surface area contributed by atoms with Gasteiger partial charge in [0, 0.05) is 39.0 Å². The van der Waals surface area contributed by atoms with Crippen molar-refractivity contribution in [1.29, 1.82) is 0 Å². The molecule has 2 heterocycles. The molecule has 27 heavy (non-hydrogen) atoms. The summed E-state index contributed by atoms with van der Waals surface area (Å²) in [6.45, 7) is 3.33. The number of aromatic nitrogens is 1. The summed E-state index contributed by atoms with van der Waals surface area (Å²) in [5.41, 5.74) is 3.02. The van der Waals surface area contributed by atoms with Crippen molar-refractivity contribution in [2.75, 3.05) is 20.3 Å². The second-order valence-electron chi connectivity index (χ2n) is 6.77. The number of likely N-dealkylation sites (tertiary alicyclic amines) is 1. The highest BCUT2D eigenvalue weighted by Gasteiger charge is 2.44. The van der Waals surface area contributed by atoms with Gasteiger partial charge in [-0.1, -0.05) is 30.3 Å². The Hall–Kier alpha value is -2.73. The summed E-state index contributed by atoms with van der Waals surface area (Å²) in [6.07, 6.45) is 3.63. The third-order valence-corrected chi connectivity index (χ3v) is 5.00. The standard InChI is InChI=1S/C21H25N3O3/c1-15-6-3-4-8-17(15)20-18(12-19(25)24(20)10-11-27-2)21(26)23-14-16-7-5-9-22-13-16/h3-9,13,18,20H,10-12,14H2,1-2H3,(H,23,26)/t18-,20+/m1/s1. The molecule has 2 amide bonds. The molecule has 1 saturated heterocycles. The average Bonchev–Trinajstić information content (AvgIpc) is 3.02. The zero-order valence-corrected chi connectivity index (χ0v) is 15.7. The van der Waals surface area contributed by atoms with Gasteiger partial charge < -0.3 is 15.0 Å². The minimum absolute atomic E-state index is 0.0122. The maximum atomic E-state index is 12.9. The van der Waals surface area contributed by atoms with Crippen molar-refractivity contribution >= 4 is 11.8 Å². The molecule has 1 aromatic carbocycles. The van der Waals surface area contributed by atoms with Crippen LogP contribution in [0.4, 0.5) is 0 Å². The summed E-state index contributed by atoms with van der Waals surface area (Å²) in [7, 11) is 1.61. The fraction of sp³-hybridized carbons (Fsp3) is 0.381. The van der Waals surface area contributed by atoms with Crippen molar-refractivity contribution in [2.24, 2.45) is 5.92 Å². The number of benzene rings is 1. The minimum atomic E-state index is -0.424. The van der Waals surface area contributed by atoms with Gasteiger partial charge in [0.05, 0.1) is 18.6 Å². The number of hydrogen-bond donors (Lipinski definition) is 1. The lowest BCUT2D eigenvalue weighted by Crippen LogP contribution is -2.37. The van der Waals surface area contributed by atoms with Gasteiger partial charge >= 0.3 is 0 Å². The van der Waals surface area contributed by atoms with Crippen LogP contribution >= 0.6 is 0 Å². The van der Waals surface area contributed by atoms with E-state index in [-0.39, 0.29) is 24.3 Å². The Bertz CT molecular complexity index is 794. The number of aryl methyl sites for hydroxylation is 1. The van der Waals surface area contributed by atoms with Crippen molar-refractivity contribution < 1.29 is 14.3 Å². The summed E-state index contributed by atoms with van der Waals surface area (Å²) < 4.78 is 5.17. The predicted octanol–water partition coefficient (Wildman–Crippen LogP) is 2.24.